The van der Waals surface area contributed by atoms with Gasteiger partial charge in [0.1, 0.15) is 0 Å². The molecule has 4 rings (SSSR count). The lowest BCUT2D eigenvalue weighted by Gasteiger charge is -2.19. The van der Waals surface area contributed by atoms with Gasteiger partial charge in [-0.15, -0.1) is 0 Å². The minimum absolute atomic E-state index is 0.915. The van der Waals surface area contributed by atoms with E-state index in [9.17, 15) is 0 Å². The molecule has 0 radical (unpaired) electrons. The summed E-state index contributed by atoms with van der Waals surface area (Å²) in [6.07, 6.45) is 6.37. The van der Waals surface area contributed by atoms with Crippen molar-refractivity contribution in [1.82, 2.24) is 9.97 Å². The van der Waals surface area contributed by atoms with Gasteiger partial charge in [-0.1, -0.05) is 6.07 Å². The number of anilines is 1. The molecule has 0 bridgehead atoms. The number of pyridine rings is 2. The van der Waals surface area contributed by atoms with Crippen LogP contribution in [0.2, 0.25) is 0 Å². The van der Waals surface area contributed by atoms with E-state index in [1.54, 1.807) is 0 Å². The summed E-state index contributed by atoms with van der Waals surface area (Å²) in [4.78, 5) is 9.22. The predicted molar refractivity (Wildman–Crippen MR) is 78.1 cm³/mol. The van der Waals surface area contributed by atoms with Crippen molar-refractivity contribution in [3.05, 3.63) is 41.7 Å². The van der Waals surface area contributed by atoms with Crippen molar-refractivity contribution < 1.29 is 0 Å². The lowest BCUT2D eigenvalue weighted by Crippen LogP contribution is -2.09. The molecule has 0 atom stereocenters. The monoisotopic (exact) mass is 249 g/mol. The molecule has 1 aliphatic carbocycles. The van der Waals surface area contributed by atoms with E-state index in [4.69, 9.17) is 10.7 Å². The quantitative estimate of drug-likeness (QED) is 0.622. The molecule has 0 fully saturated rings. The smallest absolute Gasteiger partial charge is 0.0733 e. The van der Waals surface area contributed by atoms with Crippen LogP contribution in [-0.4, -0.2) is 9.97 Å². The molecule has 0 unspecified atom stereocenters. The number of nitrogen functional groups attached to an aromatic ring is 1. The largest absolute Gasteiger partial charge is 0.398 e. The van der Waals surface area contributed by atoms with Crippen LogP contribution in [-0.2, 0) is 12.8 Å². The molecule has 3 heteroatoms. The highest BCUT2D eigenvalue weighted by Crippen LogP contribution is 2.34. The second kappa shape index (κ2) is 3.92. The van der Waals surface area contributed by atoms with Gasteiger partial charge < -0.3 is 5.73 Å². The number of fused-ring (bicyclic) bond motifs is 4. The zero-order valence-electron chi connectivity index (χ0n) is 10.7. The van der Waals surface area contributed by atoms with Crippen LogP contribution in [0.3, 0.4) is 0 Å². The highest BCUT2D eigenvalue weighted by molar-refractivity contribution is 6.11. The molecule has 2 aromatic heterocycles. The van der Waals surface area contributed by atoms with Crippen LogP contribution in [0.15, 0.2) is 30.5 Å². The Balaban J connectivity index is 2.19. The summed E-state index contributed by atoms with van der Waals surface area (Å²) in [6.45, 7) is 0. The fourth-order valence-corrected chi connectivity index (χ4v) is 3.12. The van der Waals surface area contributed by atoms with Crippen LogP contribution in [0.25, 0.3) is 21.8 Å². The number of hydrogen-bond acceptors (Lipinski definition) is 3. The molecule has 3 nitrogen and oxygen atoms in total. The molecule has 19 heavy (non-hydrogen) atoms. The molecule has 1 aromatic carbocycles. The lowest BCUT2D eigenvalue weighted by atomic mass is 9.92. The third-order valence-electron chi connectivity index (χ3n) is 4.05. The number of hydrogen-bond donors (Lipinski definition) is 1. The van der Waals surface area contributed by atoms with E-state index in [1.165, 1.54) is 24.1 Å². The minimum Gasteiger partial charge on any atom is -0.398 e. The summed E-state index contributed by atoms with van der Waals surface area (Å²) in [5, 5.41) is 2.18. The van der Waals surface area contributed by atoms with Crippen LogP contribution < -0.4 is 5.73 Å². The Morgan fingerprint density at radius 2 is 1.84 bits per heavy atom. The second-order valence-corrected chi connectivity index (χ2v) is 5.19. The van der Waals surface area contributed by atoms with Gasteiger partial charge in [0.15, 0.2) is 0 Å². The number of aromatic nitrogens is 2. The van der Waals surface area contributed by atoms with Crippen LogP contribution in [0.5, 0.6) is 0 Å². The van der Waals surface area contributed by atoms with E-state index in [2.05, 4.69) is 11.1 Å². The maximum atomic E-state index is 6.44. The average molecular weight is 249 g/mol. The van der Waals surface area contributed by atoms with Crippen molar-refractivity contribution in [3.8, 4) is 0 Å². The maximum Gasteiger partial charge on any atom is 0.0733 e. The van der Waals surface area contributed by atoms with Crippen molar-refractivity contribution in [2.24, 2.45) is 0 Å². The Morgan fingerprint density at radius 3 is 2.79 bits per heavy atom. The first-order valence-electron chi connectivity index (χ1n) is 6.79. The van der Waals surface area contributed by atoms with Gasteiger partial charge in [-0.05, 0) is 49.4 Å². The van der Waals surface area contributed by atoms with E-state index < -0.39 is 0 Å². The molecule has 0 amide bonds. The zero-order valence-corrected chi connectivity index (χ0v) is 10.7. The van der Waals surface area contributed by atoms with Crippen molar-refractivity contribution in [2.45, 2.75) is 25.7 Å². The molecule has 2 heterocycles. The van der Waals surface area contributed by atoms with Crippen molar-refractivity contribution >= 4 is 27.5 Å². The minimum atomic E-state index is 0.915. The SMILES string of the molecule is Nc1c2c(nc3ccc4ncccc4c13)CCCC2. The third kappa shape index (κ3) is 1.51. The van der Waals surface area contributed by atoms with E-state index in [0.29, 0.717) is 0 Å². The highest BCUT2D eigenvalue weighted by atomic mass is 14.7. The topological polar surface area (TPSA) is 51.8 Å². The van der Waals surface area contributed by atoms with Gasteiger partial charge in [-0.3, -0.25) is 9.97 Å². The van der Waals surface area contributed by atoms with Crippen molar-refractivity contribution in [2.75, 3.05) is 5.73 Å². The molecule has 0 saturated carbocycles. The first-order valence-corrected chi connectivity index (χ1v) is 6.79. The number of nitrogens with two attached hydrogens (primary N) is 1. The van der Waals surface area contributed by atoms with Gasteiger partial charge in [0.05, 0.1) is 11.0 Å². The fraction of sp³-hybridized carbons (Fsp3) is 0.250. The second-order valence-electron chi connectivity index (χ2n) is 5.19. The van der Waals surface area contributed by atoms with Gasteiger partial charge in [0.2, 0.25) is 0 Å². The summed E-state index contributed by atoms with van der Waals surface area (Å²) >= 11 is 0. The first-order chi connectivity index (χ1) is 9.34. The van der Waals surface area contributed by atoms with Gasteiger partial charge in [-0.2, -0.15) is 0 Å². The van der Waals surface area contributed by atoms with E-state index in [-0.39, 0.29) is 0 Å². The third-order valence-corrected chi connectivity index (χ3v) is 4.05. The molecule has 0 saturated heterocycles. The summed E-state index contributed by atoms with van der Waals surface area (Å²) in [7, 11) is 0. The Kier molecular flexibility index (Phi) is 2.21. The molecule has 94 valence electrons. The van der Waals surface area contributed by atoms with E-state index >= 15 is 0 Å². The molecule has 0 aliphatic heterocycles. The van der Waals surface area contributed by atoms with Gasteiger partial charge in [-0.25, -0.2) is 0 Å². The van der Waals surface area contributed by atoms with Gasteiger partial charge in [0.25, 0.3) is 0 Å². The summed E-state index contributed by atoms with van der Waals surface area (Å²) in [5.74, 6) is 0. The van der Waals surface area contributed by atoms with Gasteiger partial charge in [0, 0.05) is 28.4 Å². The molecular weight excluding hydrogens is 234 g/mol. The van der Waals surface area contributed by atoms with E-state index in [1.807, 2.05) is 24.4 Å². The summed E-state index contributed by atoms with van der Waals surface area (Å²) < 4.78 is 0. The predicted octanol–water partition coefficient (Wildman–Crippen LogP) is 3.24. The molecule has 0 spiro atoms. The summed E-state index contributed by atoms with van der Waals surface area (Å²) in [5.41, 5.74) is 11.8. The average Bonchev–Trinajstić information content (AvgIpc) is 2.47. The van der Waals surface area contributed by atoms with Crippen LogP contribution >= 0.6 is 0 Å². The normalized spacial score (nSPS) is 14.7. The Hall–Kier alpha value is -2.16. The van der Waals surface area contributed by atoms with Crippen molar-refractivity contribution in [1.29, 1.82) is 0 Å². The summed E-state index contributed by atoms with van der Waals surface area (Å²) in [6, 6.07) is 8.10. The number of benzene rings is 1. The zero-order chi connectivity index (χ0) is 12.8. The Labute approximate surface area is 111 Å². The number of rotatable bonds is 0. The number of aryl methyl sites for hydroxylation is 1. The van der Waals surface area contributed by atoms with Crippen LogP contribution in [0, 0.1) is 0 Å². The fourth-order valence-electron chi connectivity index (χ4n) is 3.12. The van der Waals surface area contributed by atoms with E-state index in [0.717, 1.165) is 40.3 Å². The Morgan fingerprint density at radius 1 is 1.00 bits per heavy atom. The Bertz CT molecular complexity index is 793. The lowest BCUT2D eigenvalue weighted by molar-refractivity contribution is 0.673. The van der Waals surface area contributed by atoms with Gasteiger partial charge >= 0.3 is 0 Å². The molecule has 1 aliphatic rings. The highest BCUT2D eigenvalue weighted by Gasteiger charge is 2.17. The standard InChI is InChI=1S/C16H15N3/c17-16-11-4-1-2-6-13(11)19-14-8-7-12-10(15(14)16)5-3-9-18-12/h3,5,7-9H,1-2,4,6H2,(H2,17,19). The van der Waals surface area contributed by atoms with Crippen LogP contribution in [0.4, 0.5) is 5.69 Å². The molecule has 2 N–H and O–H groups in total. The van der Waals surface area contributed by atoms with Crippen molar-refractivity contribution in [3.63, 3.8) is 0 Å². The van der Waals surface area contributed by atoms with Crippen LogP contribution in [0.1, 0.15) is 24.1 Å². The maximum absolute atomic E-state index is 6.44. The molecule has 3 aromatic rings. The first kappa shape index (κ1) is 10.7. The molecular formula is C16H15N3. The number of nitrogens with zero attached hydrogens (tertiary/aromatic N) is 2.